The van der Waals surface area contributed by atoms with Crippen molar-refractivity contribution in [2.45, 2.75) is 45.6 Å². The minimum atomic E-state index is -0.403. The SMILES string of the molecule is CC1(C)CCCC(Nc2c(Cl)cc(F)cc2Cl)C1. The third-order valence-electron chi connectivity index (χ3n) is 3.56. The Morgan fingerprint density at radius 1 is 1.28 bits per heavy atom. The lowest BCUT2D eigenvalue weighted by Gasteiger charge is -2.36. The number of benzene rings is 1. The van der Waals surface area contributed by atoms with Crippen LogP contribution >= 0.6 is 23.2 Å². The molecule has 0 amide bonds. The van der Waals surface area contributed by atoms with Crippen LogP contribution in [0.15, 0.2) is 12.1 Å². The fourth-order valence-corrected chi connectivity index (χ4v) is 3.28. The smallest absolute Gasteiger partial charge is 0.126 e. The minimum absolute atomic E-state index is 0.342. The zero-order valence-corrected chi connectivity index (χ0v) is 12.2. The normalized spacial score (nSPS) is 22.8. The summed E-state index contributed by atoms with van der Waals surface area (Å²) in [7, 11) is 0. The molecular weight excluding hydrogens is 272 g/mol. The summed E-state index contributed by atoms with van der Waals surface area (Å²) in [6.45, 7) is 4.55. The highest BCUT2D eigenvalue weighted by molar-refractivity contribution is 6.39. The molecule has 0 radical (unpaired) electrons. The molecule has 0 aromatic heterocycles. The Kier molecular flexibility index (Phi) is 4.08. The van der Waals surface area contributed by atoms with Gasteiger partial charge in [-0.25, -0.2) is 4.39 Å². The van der Waals surface area contributed by atoms with E-state index in [1.807, 2.05) is 0 Å². The molecule has 1 unspecified atom stereocenters. The standard InChI is InChI=1S/C14H18Cl2FN/c1-14(2)5-3-4-10(8-14)18-13-11(15)6-9(17)7-12(13)16/h6-7,10,18H,3-5,8H2,1-2H3. The third kappa shape index (κ3) is 3.30. The first-order valence-corrected chi connectivity index (χ1v) is 7.04. The zero-order chi connectivity index (χ0) is 13.3. The van der Waals surface area contributed by atoms with Gasteiger partial charge in [-0.1, -0.05) is 43.5 Å². The molecular formula is C14H18Cl2FN. The van der Waals surface area contributed by atoms with Crippen molar-refractivity contribution in [1.82, 2.24) is 0 Å². The van der Waals surface area contributed by atoms with E-state index in [4.69, 9.17) is 23.2 Å². The molecule has 100 valence electrons. The van der Waals surface area contributed by atoms with Gasteiger partial charge in [-0.05, 0) is 36.8 Å². The third-order valence-corrected chi connectivity index (χ3v) is 4.16. The van der Waals surface area contributed by atoms with Crippen molar-refractivity contribution >= 4 is 28.9 Å². The van der Waals surface area contributed by atoms with Gasteiger partial charge in [-0.3, -0.25) is 0 Å². The molecule has 0 spiro atoms. The lowest BCUT2D eigenvalue weighted by atomic mass is 9.75. The molecule has 0 saturated heterocycles. The van der Waals surface area contributed by atoms with Gasteiger partial charge in [-0.15, -0.1) is 0 Å². The molecule has 1 saturated carbocycles. The molecule has 1 aromatic carbocycles. The number of anilines is 1. The lowest BCUT2D eigenvalue weighted by molar-refractivity contribution is 0.229. The summed E-state index contributed by atoms with van der Waals surface area (Å²) < 4.78 is 13.1. The van der Waals surface area contributed by atoms with E-state index in [2.05, 4.69) is 19.2 Å². The fraction of sp³-hybridized carbons (Fsp3) is 0.571. The molecule has 1 atom stereocenters. The topological polar surface area (TPSA) is 12.0 Å². The Bertz CT molecular complexity index is 422. The molecule has 1 aliphatic carbocycles. The van der Waals surface area contributed by atoms with Crippen LogP contribution in [0.25, 0.3) is 0 Å². The number of rotatable bonds is 2. The summed E-state index contributed by atoms with van der Waals surface area (Å²) in [4.78, 5) is 0. The molecule has 1 aliphatic rings. The van der Waals surface area contributed by atoms with Gasteiger partial charge in [0, 0.05) is 6.04 Å². The van der Waals surface area contributed by atoms with Crippen LogP contribution in [-0.2, 0) is 0 Å². The molecule has 0 bridgehead atoms. The Balaban J connectivity index is 2.14. The Morgan fingerprint density at radius 3 is 2.44 bits per heavy atom. The second-order valence-electron chi connectivity index (χ2n) is 5.85. The van der Waals surface area contributed by atoms with Crippen molar-refractivity contribution in [2.24, 2.45) is 5.41 Å². The summed E-state index contributed by atoms with van der Waals surface area (Å²) in [5.74, 6) is -0.403. The molecule has 1 fully saturated rings. The van der Waals surface area contributed by atoms with E-state index >= 15 is 0 Å². The average Bonchev–Trinajstić information content (AvgIpc) is 2.22. The van der Waals surface area contributed by atoms with E-state index in [-0.39, 0.29) is 0 Å². The summed E-state index contributed by atoms with van der Waals surface area (Å²) in [5, 5.41) is 4.07. The van der Waals surface area contributed by atoms with Gasteiger partial charge >= 0.3 is 0 Å². The van der Waals surface area contributed by atoms with Gasteiger partial charge in [0.2, 0.25) is 0 Å². The maximum Gasteiger partial charge on any atom is 0.126 e. The summed E-state index contributed by atoms with van der Waals surface area (Å²) in [6, 6.07) is 2.95. The minimum Gasteiger partial charge on any atom is -0.380 e. The van der Waals surface area contributed by atoms with Gasteiger partial charge in [0.1, 0.15) is 5.82 Å². The highest BCUT2D eigenvalue weighted by Crippen LogP contribution is 2.39. The van der Waals surface area contributed by atoms with Crippen LogP contribution in [0.5, 0.6) is 0 Å². The van der Waals surface area contributed by atoms with Gasteiger partial charge in [0.15, 0.2) is 0 Å². The largest absolute Gasteiger partial charge is 0.380 e. The first-order chi connectivity index (χ1) is 8.37. The average molecular weight is 290 g/mol. The predicted molar refractivity (Wildman–Crippen MR) is 76.1 cm³/mol. The van der Waals surface area contributed by atoms with Gasteiger partial charge < -0.3 is 5.32 Å². The first-order valence-electron chi connectivity index (χ1n) is 6.28. The van der Waals surface area contributed by atoms with Crippen LogP contribution < -0.4 is 5.32 Å². The van der Waals surface area contributed by atoms with Crippen molar-refractivity contribution < 1.29 is 4.39 Å². The van der Waals surface area contributed by atoms with Crippen LogP contribution in [0, 0.1) is 11.2 Å². The molecule has 0 heterocycles. The Labute approximate surface area is 118 Å². The molecule has 4 heteroatoms. The van der Waals surface area contributed by atoms with E-state index in [1.165, 1.54) is 25.0 Å². The first kappa shape index (κ1) is 14.0. The van der Waals surface area contributed by atoms with Crippen LogP contribution in [0.2, 0.25) is 10.0 Å². The van der Waals surface area contributed by atoms with Crippen molar-refractivity contribution in [3.05, 3.63) is 28.0 Å². The van der Waals surface area contributed by atoms with Gasteiger partial charge in [0.05, 0.1) is 15.7 Å². The fourth-order valence-electron chi connectivity index (χ4n) is 2.71. The van der Waals surface area contributed by atoms with Crippen molar-refractivity contribution in [3.8, 4) is 0 Å². The van der Waals surface area contributed by atoms with E-state index in [1.54, 1.807) is 0 Å². The lowest BCUT2D eigenvalue weighted by Crippen LogP contribution is -2.31. The molecule has 1 nitrogen and oxygen atoms in total. The second kappa shape index (κ2) is 5.26. The number of hydrogen-bond acceptors (Lipinski definition) is 1. The molecule has 1 N–H and O–H groups in total. The van der Waals surface area contributed by atoms with Crippen molar-refractivity contribution in [1.29, 1.82) is 0 Å². The van der Waals surface area contributed by atoms with E-state index in [0.29, 0.717) is 27.2 Å². The highest BCUT2D eigenvalue weighted by Gasteiger charge is 2.28. The van der Waals surface area contributed by atoms with Crippen molar-refractivity contribution in [3.63, 3.8) is 0 Å². The van der Waals surface area contributed by atoms with Crippen LogP contribution in [0.1, 0.15) is 39.5 Å². The monoisotopic (exact) mass is 289 g/mol. The maximum absolute atomic E-state index is 13.1. The number of halogens is 3. The van der Waals surface area contributed by atoms with Crippen LogP contribution in [-0.4, -0.2) is 6.04 Å². The van der Waals surface area contributed by atoms with Gasteiger partial charge in [-0.2, -0.15) is 0 Å². The predicted octanol–water partition coefficient (Wildman–Crippen LogP) is 5.51. The molecule has 18 heavy (non-hydrogen) atoms. The molecule has 0 aliphatic heterocycles. The van der Waals surface area contributed by atoms with E-state index in [0.717, 1.165) is 12.8 Å². The van der Waals surface area contributed by atoms with Crippen LogP contribution in [0.3, 0.4) is 0 Å². The van der Waals surface area contributed by atoms with E-state index in [9.17, 15) is 4.39 Å². The summed E-state index contributed by atoms with van der Waals surface area (Å²) in [6.07, 6.45) is 4.63. The van der Waals surface area contributed by atoms with E-state index < -0.39 is 5.82 Å². The van der Waals surface area contributed by atoms with Crippen molar-refractivity contribution in [2.75, 3.05) is 5.32 Å². The molecule has 1 aromatic rings. The zero-order valence-electron chi connectivity index (χ0n) is 10.7. The second-order valence-corrected chi connectivity index (χ2v) is 6.66. The Morgan fingerprint density at radius 2 is 1.89 bits per heavy atom. The van der Waals surface area contributed by atoms with Gasteiger partial charge in [0.25, 0.3) is 0 Å². The number of hydrogen-bond donors (Lipinski definition) is 1. The number of nitrogens with one attached hydrogen (secondary N) is 1. The van der Waals surface area contributed by atoms with Crippen LogP contribution in [0.4, 0.5) is 10.1 Å². The molecule has 2 rings (SSSR count). The highest BCUT2D eigenvalue weighted by atomic mass is 35.5. The maximum atomic E-state index is 13.1. The summed E-state index contributed by atoms with van der Waals surface area (Å²) in [5.41, 5.74) is 0.997. The summed E-state index contributed by atoms with van der Waals surface area (Å²) >= 11 is 12.1. The Hall–Kier alpha value is -0.470. The quantitative estimate of drug-likeness (QED) is 0.757.